The minimum absolute atomic E-state index is 0.0331. The molecule has 1 aromatic rings. The summed E-state index contributed by atoms with van der Waals surface area (Å²) in [7, 11) is 0. The van der Waals surface area contributed by atoms with Gasteiger partial charge in [0.05, 0.1) is 6.54 Å². The second-order valence-electron chi connectivity index (χ2n) is 5.09. The van der Waals surface area contributed by atoms with E-state index in [0.29, 0.717) is 5.56 Å². The molecule has 1 saturated carbocycles. The average Bonchev–Trinajstić information content (AvgIpc) is 2.46. The second kappa shape index (κ2) is 7.43. The summed E-state index contributed by atoms with van der Waals surface area (Å²) in [5, 5.41) is 5.62. The summed E-state index contributed by atoms with van der Waals surface area (Å²) in [6.45, 7) is 0.0331. The van der Waals surface area contributed by atoms with Gasteiger partial charge in [0.25, 0.3) is 5.91 Å². The van der Waals surface area contributed by atoms with Gasteiger partial charge in [0.1, 0.15) is 0 Å². The number of carbonyl (C=O) groups excluding carboxylic acids is 2. The lowest BCUT2D eigenvalue weighted by Gasteiger charge is -2.22. The van der Waals surface area contributed by atoms with Gasteiger partial charge in [-0.25, -0.2) is 0 Å². The van der Waals surface area contributed by atoms with Gasteiger partial charge in [-0.3, -0.25) is 9.59 Å². The summed E-state index contributed by atoms with van der Waals surface area (Å²) in [6, 6.07) is 7.33. The van der Waals surface area contributed by atoms with Gasteiger partial charge in [0.2, 0.25) is 5.91 Å². The van der Waals surface area contributed by atoms with E-state index in [4.69, 9.17) is 0 Å². The predicted molar refractivity (Wildman–Crippen MR) is 81.5 cm³/mol. The van der Waals surface area contributed by atoms with E-state index < -0.39 is 0 Å². The molecular weight excluding hydrogens is 320 g/mol. The molecule has 0 radical (unpaired) electrons. The van der Waals surface area contributed by atoms with Crippen molar-refractivity contribution < 1.29 is 9.59 Å². The lowest BCUT2D eigenvalue weighted by molar-refractivity contribution is -0.121. The fourth-order valence-corrected chi connectivity index (χ4v) is 2.65. The fourth-order valence-electron chi connectivity index (χ4n) is 2.39. The quantitative estimate of drug-likeness (QED) is 0.886. The summed E-state index contributed by atoms with van der Waals surface area (Å²) < 4.78 is 0.920. The van der Waals surface area contributed by atoms with Crippen molar-refractivity contribution in [1.82, 2.24) is 10.6 Å². The summed E-state index contributed by atoms with van der Waals surface area (Å²) in [4.78, 5) is 23.6. The minimum Gasteiger partial charge on any atom is -0.352 e. The van der Waals surface area contributed by atoms with Crippen molar-refractivity contribution in [1.29, 1.82) is 0 Å². The molecule has 4 nitrogen and oxygen atoms in total. The Morgan fingerprint density at radius 1 is 1.10 bits per heavy atom. The Bertz CT molecular complexity index is 467. The zero-order valence-corrected chi connectivity index (χ0v) is 12.9. The maximum atomic E-state index is 11.8. The molecule has 2 N–H and O–H groups in total. The highest BCUT2D eigenvalue weighted by Crippen LogP contribution is 2.17. The van der Waals surface area contributed by atoms with Crippen molar-refractivity contribution in [3.05, 3.63) is 34.3 Å². The third-order valence-electron chi connectivity index (χ3n) is 3.49. The highest BCUT2D eigenvalue weighted by Gasteiger charge is 2.16. The lowest BCUT2D eigenvalue weighted by Crippen LogP contribution is -2.42. The molecule has 0 saturated heterocycles. The SMILES string of the molecule is O=C(CNC(=O)c1ccc(Br)cc1)NC1CCCCC1. The number of carbonyl (C=O) groups is 2. The molecule has 0 heterocycles. The summed E-state index contributed by atoms with van der Waals surface area (Å²) >= 11 is 3.32. The van der Waals surface area contributed by atoms with E-state index in [9.17, 15) is 9.59 Å². The molecular formula is C15H19BrN2O2. The van der Waals surface area contributed by atoms with Gasteiger partial charge in [-0.15, -0.1) is 0 Å². The first-order valence-electron chi connectivity index (χ1n) is 6.98. The van der Waals surface area contributed by atoms with Crippen molar-refractivity contribution in [2.24, 2.45) is 0 Å². The zero-order chi connectivity index (χ0) is 14.4. The zero-order valence-electron chi connectivity index (χ0n) is 11.3. The van der Waals surface area contributed by atoms with E-state index in [1.165, 1.54) is 19.3 Å². The highest BCUT2D eigenvalue weighted by molar-refractivity contribution is 9.10. The number of rotatable bonds is 4. The molecule has 108 valence electrons. The molecule has 20 heavy (non-hydrogen) atoms. The maximum absolute atomic E-state index is 11.8. The van der Waals surface area contributed by atoms with Gasteiger partial charge in [-0.05, 0) is 37.1 Å². The maximum Gasteiger partial charge on any atom is 0.251 e. The van der Waals surface area contributed by atoms with Crippen LogP contribution >= 0.6 is 15.9 Å². The molecule has 0 unspecified atom stereocenters. The number of amides is 2. The Morgan fingerprint density at radius 3 is 2.40 bits per heavy atom. The second-order valence-corrected chi connectivity index (χ2v) is 6.01. The van der Waals surface area contributed by atoms with Crippen LogP contribution in [0.3, 0.4) is 0 Å². The van der Waals surface area contributed by atoms with E-state index in [-0.39, 0.29) is 24.4 Å². The molecule has 2 rings (SSSR count). The number of benzene rings is 1. The van der Waals surface area contributed by atoms with Crippen molar-refractivity contribution in [2.45, 2.75) is 38.1 Å². The number of halogens is 1. The molecule has 0 aromatic heterocycles. The first-order valence-corrected chi connectivity index (χ1v) is 7.77. The van der Waals surface area contributed by atoms with Crippen LogP contribution in [0, 0.1) is 0 Å². The minimum atomic E-state index is -0.226. The molecule has 1 aliphatic carbocycles. The van der Waals surface area contributed by atoms with Crippen LogP contribution in [0.25, 0.3) is 0 Å². The molecule has 0 atom stereocenters. The molecule has 1 aliphatic rings. The smallest absolute Gasteiger partial charge is 0.251 e. The summed E-state index contributed by atoms with van der Waals surface area (Å²) in [5.41, 5.74) is 0.554. The Morgan fingerprint density at radius 2 is 1.75 bits per heavy atom. The molecule has 5 heteroatoms. The standard InChI is InChI=1S/C15H19BrN2O2/c16-12-8-6-11(7-9-12)15(20)17-10-14(19)18-13-4-2-1-3-5-13/h6-9,13H,1-5,10H2,(H,17,20)(H,18,19). The molecule has 1 fully saturated rings. The predicted octanol–water partition coefficient (Wildman–Crippen LogP) is 2.63. The Kier molecular flexibility index (Phi) is 5.59. The van der Waals surface area contributed by atoms with E-state index in [1.54, 1.807) is 24.3 Å². The molecule has 0 bridgehead atoms. The van der Waals surface area contributed by atoms with Gasteiger partial charge in [0.15, 0.2) is 0 Å². The van der Waals surface area contributed by atoms with Crippen molar-refractivity contribution in [2.75, 3.05) is 6.54 Å². The molecule has 1 aromatic carbocycles. The van der Waals surface area contributed by atoms with Crippen molar-refractivity contribution in [3.8, 4) is 0 Å². The number of hydrogen-bond acceptors (Lipinski definition) is 2. The molecule has 0 aliphatic heterocycles. The number of nitrogens with one attached hydrogen (secondary N) is 2. The van der Waals surface area contributed by atoms with Crippen molar-refractivity contribution >= 4 is 27.7 Å². The molecule has 0 spiro atoms. The summed E-state index contributed by atoms with van der Waals surface area (Å²) in [6.07, 6.45) is 5.71. The van der Waals surface area contributed by atoms with Crippen molar-refractivity contribution in [3.63, 3.8) is 0 Å². The average molecular weight is 339 g/mol. The van der Waals surface area contributed by atoms with Crippen LogP contribution in [0.1, 0.15) is 42.5 Å². The van der Waals surface area contributed by atoms with Crippen LogP contribution in [0.2, 0.25) is 0 Å². The fraction of sp³-hybridized carbons (Fsp3) is 0.467. The summed E-state index contributed by atoms with van der Waals surface area (Å²) in [5.74, 6) is -0.335. The number of hydrogen-bond donors (Lipinski definition) is 2. The van der Waals surface area contributed by atoms with E-state index in [1.807, 2.05) is 0 Å². The lowest BCUT2D eigenvalue weighted by atomic mass is 9.95. The third kappa shape index (κ3) is 4.63. The van der Waals surface area contributed by atoms with Crippen LogP contribution in [0.4, 0.5) is 0 Å². The van der Waals surface area contributed by atoms with Crippen LogP contribution in [0.5, 0.6) is 0 Å². The van der Waals surface area contributed by atoms with Crippen LogP contribution in [-0.2, 0) is 4.79 Å². The Hall–Kier alpha value is -1.36. The van der Waals surface area contributed by atoms with E-state index in [2.05, 4.69) is 26.6 Å². The van der Waals surface area contributed by atoms with Crippen LogP contribution in [0.15, 0.2) is 28.7 Å². The van der Waals surface area contributed by atoms with Gasteiger partial charge >= 0.3 is 0 Å². The Balaban J connectivity index is 1.75. The van der Waals surface area contributed by atoms with E-state index in [0.717, 1.165) is 17.3 Å². The van der Waals surface area contributed by atoms with Gasteiger partial charge in [-0.2, -0.15) is 0 Å². The van der Waals surface area contributed by atoms with Gasteiger partial charge in [-0.1, -0.05) is 35.2 Å². The van der Waals surface area contributed by atoms with E-state index >= 15 is 0 Å². The largest absolute Gasteiger partial charge is 0.352 e. The van der Waals surface area contributed by atoms with Gasteiger partial charge < -0.3 is 10.6 Å². The van der Waals surface area contributed by atoms with Gasteiger partial charge in [0, 0.05) is 16.1 Å². The third-order valence-corrected chi connectivity index (χ3v) is 4.01. The Labute approximate surface area is 127 Å². The normalized spacial score (nSPS) is 15.7. The van der Waals surface area contributed by atoms with Crippen LogP contribution in [-0.4, -0.2) is 24.4 Å². The highest BCUT2D eigenvalue weighted by atomic mass is 79.9. The molecule has 2 amide bonds. The van der Waals surface area contributed by atoms with Crippen LogP contribution < -0.4 is 10.6 Å². The first-order chi connectivity index (χ1) is 9.65. The topological polar surface area (TPSA) is 58.2 Å². The monoisotopic (exact) mass is 338 g/mol. The first kappa shape index (κ1) is 15.0.